The van der Waals surface area contributed by atoms with Crippen molar-refractivity contribution in [2.45, 2.75) is 26.0 Å². The van der Waals surface area contributed by atoms with E-state index in [1.165, 1.54) is 0 Å². The smallest absolute Gasteiger partial charge is 0.307 e. The number of nitrogens with two attached hydrogens (primary N) is 1. The molecule has 8 heteroatoms. The SMILES string of the molecule is Cc1nc2c(-c3cccc(CN)c3F)cc([C@@H]3CN(C)c4cccc(CC(=O)O)c4O3)cc2o1. The third-order valence-corrected chi connectivity index (χ3v) is 6.11. The first-order valence-corrected chi connectivity index (χ1v) is 11.0. The average Bonchev–Trinajstić information content (AvgIpc) is 3.19. The number of oxazole rings is 1. The topological polar surface area (TPSA) is 102 Å². The van der Waals surface area contributed by atoms with E-state index in [0.29, 0.717) is 51.5 Å². The maximum atomic E-state index is 15.3. The Kier molecular flexibility index (Phi) is 5.45. The summed E-state index contributed by atoms with van der Waals surface area (Å²) in [6.07, 6.45) is -0.575. The number of likely N-dealkylation sites (N-methyl/N-ethyl adjacent to an activating group) is 1. The summed E-state index contributed by atoms with van der Waals surface area (Å²) in [5.41, 5.74) is 10.4. The highest BCUT2D eigenvalue weighted by Crippen LogP contribution is 2.42. The molecule has 3 aromatic carbocycles. The van der Waals surface area contributed by atoms with Crippen LogP contribution in [0.15, 0.2) is 52.9 Å². The summed E-state index contributed by atoms with van der Waals surface area (Å²) in [6, 6.07) is 14.3. The predicted octanol–water partition coefficient (Wildman–Crippen LogP) is 4.60. The van der Waals surface area contributed by atoms with Crippen LogP contribution in [-0.4, -0.2) is 29.7 Å². The van der Waals surface area contributed by atoms with Crippen molar-refractivity contribution in [3.05, 3.63) is 76.9 Å². The number of hydrogen-bond acceptors (Lipinski definition) is 6. The van der Waals surface area contributed by atoms with Gasteiger partial charge in [0.15, 0.2) is 11.5 Å². The molecule has 1 atom stereocenters. The number of para-hydroxylation sites is 1. The van der Waals surface area contributed by atoms with Gasteiger partial charge in [-0.3, -0.25) is 4.79 Å². The van der Waals surface area contributed by atoms with Gasteiger partial charge in [0.25, 0.3) is 0 Å². The maximum Gasteiger partial charge on any atom is 0.307 e. The minimum atomic E-state index is -0.933. The van der Waals surface area contributed by atoms with E-state index in [1.807, 2.05) is 36.2 Å². The molecule has 3 N–H and O–H groups in total. The Labute approximate surface area is 195 Å². The van der Waals surface area contributed by atoms with Gasteiger partial charge < -0.3 is 24.9 Å². The van der Waals surface area contributed by atoms with Gasteiger partial charge in [-0.15, -0.1) is 0 Å². The van der Waals surface area contributed by atoms with Crippen molar-refractivity contribution in [1.82, 2.24) is 4.98 Å². The molecule has 4 aromatic rings. The number of rotatable bonds is 5. The third kappa shape index (κ3) is 3.76. The Balaban J connectivity index is 1.64. The van der Waals surface area contributed by atoms with E-state index in [0.717, 1.165) is 11.3 Å². The van der Waals surface area contributed by atoms with Crippen molar-refractivity contribution in [1.29, 1.82) is 0 Å². The standard InChI is InChI=1S/C26H24FN3O4/c1-14-29-25-19(18-7-3-6-16(12-28)24(18)27)9-17(10-21(25)33-14)22-13-30(2)20-8-4-5-15(11-23(31)32)26(20)34-22/h3-10,22H,11-13,28H2,1-2H3,(H,31,32)/t22-/m0/s1. The molecule has 174 valence electrons. The highest BCUT2D eigenvalue weighted by molar-refractivity contribution is 5.92. The van der Waals surface area contributed by atoms with Gasteiger partial charge in [0, 0.05) is 42.8 Å². The van der Waals surface area contributed by atoms with Gasteiger partial charge in [-0.25, -0.2) is 9.37 Å². The fraction of sp³-hybridized carbons (Fsp3) is 0.231. The number of nitrogens with zero attached hydrogens (tertiary/aromatic N) is 2. The molecular formula is C26H24FN3O4. The molecule has 0 saturated carbocycles. The molecule has 0 saturated heterocycles. The molecule has 34 heavy (non-hydrogen) atoms. The second-order valence-corrected chi connectivity index (χ2v) is 8.45. The number of ether oxygens (including phenoxy) is 1. The lowest BCUT2D eigenvalue weighted by Gasteiger charge is -2.35. The minimum Gasteiger partial charge on any atom is -0.481 e. The number of aliphatic carboxylic acids is 1. The number of carboxylic acid groups (broad SMARTS) is 1. The maximum absolute atomic E-state index is 15.3. The van der Waals surface area contributed by atoms with Gasteiger partial charge in [0.2, 0.25) is 0 Å². The van der Waals surface area contributed by atoms with Gasteiger partial charge >= 0.3 is 5.97 Å². The van der Waals surface area contributed by atoms with E-state index < -0.39 is 12.1 Å². The zero-order chi connectivity index (χ0) is 24.0. The van der Waals surface area contributed by atoms with Gasteiger partial charge in [-0.1, -0.05) is 30.3 Å². The Hall–Kier alpha value is -3.91. The molecular weight excluding hydrogens is 437 g/mol. The van der Waals surface area contributed by atoms with E-state index >= 15 is 4.39 Å². The summed E-state index contributed by atoms with van der Waals surface area (Å²) < 4.78 is 27.5. The Bertz CT molecular complexity index is 1410. The molecule has 0 aliphatic carbocycles. The first kappa shape index (κ1) is 21.9. The summed E-state index contributed by atoms with van der Waals surface area (Å²) in [7, 11) is 1.93. The zero-order valence-corrected chi connectivity index (χ0v) is 18.8. The number of aryl methyl sites for hydroxylation is 1. The van der Waals surface area contributed by atoms with E-state index in [9.17, 15) is 9.90 Å². The van der Waals surface area contributed by atoms with Crippen LogP contribution in [0.3, 0.4) is 0 Å². The van der Waals surface area contributed by atoms with E-state index in [4.69, 9.17) is 14.9 Å². The second kappa shape index (κ2) is 8.46. The van der Waals surface area contributed by atoms with Crippen LogP contribution in [0.5, 0.6) is 5.75 Å². The molecule has 0 unspecified atom stereocenters. The van der Waals surface area contributed by atoms with Crippen LogP contribution >= 0.6 is 0 Å². The number of carbonyl (C=O) groups is 1. The highest BCUT2D eigenvalue weighted by Gasteiger charge is 2.29. The van der Waals surface area contributed by atoms with Crippen LogP contribution in [0.25, 0.3) is 22.2 Å². The van der Waals surface area contributed by atoms with E-state index in [2.05, 4.69) is 4.98 Å². The first-order valence-electron chi connectivity index (χ1n) is 11.0. The van der Waals surface area contributed by atoms with E-state index in [-0.39, 0.29) is 18.8 Å². The lowest BCUT2D eigenvalue weighted by atomic mass is 9.96. The van der Waals surface area contributed by atoms with Crippen LogP contribution in [0, 0.1) is 12.7 Å². The average molecular weight is 461 g/mol. The number of hydrogen-bond donors (Lipinski definition) is 2. The highest BCUT2D eigenvalue weighted by atomic mass is 19.1. The van der Waals surface area contributed by atoms with Crippen LogP contribution in [0.2, 0.25) is 0 Å². The Morgan fingerprint density at radius 3 is 2.74 bits per heavy atom. The van der Waals surface area contributed by atoms with Crippen LogP contribution in [0.4, 0.5) is 10.1 Å². The van der Waals surface area contributed by atoms with Crippen molar-refractivity contribution in [2.24, 2.45) is 5.73 Å². The number of halogens is 1. The molecule has 7 nitrogen and oxygen atoms in total. The molecule has 0 radical (unpaired) electrons. The summed E-state index contributed by atoms with van der Waals surface area (Å²) in [5, 5.41) is 9.34. The normalized spacial score (nSPS) is 15.3. The Morgan fingerprint density at radius 2 is 1.97 bits per heavy atom. The first-order chi connectivity index (χ1) is 16.4. The van der Waals surface area contributed by atoms with Crippen LogP contribution < -0.4 is 15.4 Å². The quantitative estimate of drug-likeness (QED) is 0.448. The molecule has 0 bridgehead atoms. The van der Waals surface area contributed by atoms with Gasteiger partial charge in [-0.2, -0.15) is 0 Å². The summed E-state index contributed by atoms with van der Waals surface area (Å²) in [4.78, 5) is 17.9. The molecule has 5 rings (SSSR count). The molecule has 0 fully saturated rings. The monoisotopic (exact) mass is 461 g/mol. The molecule has 1 aliphatic rings. The van der Waals surface area contributed by atoms with Gasteiger partial charge in [0.05, 0.1) is 18.7 Å². The van der Waals surface area contributed by atoms with Crippen LogP contribution in [0.1, 0.15) is 28.7 Å². The number of fused-ring (bicyclic) bond motifs is 2. The third-order valence-electron chi connectivity index (χ3n) is 6.11. The largest absolute Gasteiger partial charge is 0.481 e. The van der Waals surface area contributed by atoms with E-state index in [1.54, 1.807) is 31.2 Å². The van der Waals surface area contributed by atoms with Crippen molar-refractivity contribution in [3.8, 4) is 16.9 Å². The lowest BCUT2D eigenvalue weighted by Crippen LogP contribution is -2.32. The van der Waals surface area contributed by atoms with Crippen molar-refractivity contribution in [3.63, 3.8) is 0 Å². The zero-order valence-electron chi connectivity index (χ0n) is 18.8. The van der Waals surface area contributed by atoms with Gasteiger partial charge in [0.1, 0.15) is 23.2 Å². The summed E-state index contributed by atoms with van der Waals surface area (Å²) in [6.45, 7) is 2.35. The molecule has 1 aliphatic heterocycles. The predicted molar refractivity (Wildman–Crippen MR) is 126 cm³/mol. The van der Waals surface area contributed by atoms with Crippen LogP contribution in [-0.2, 0) is 17.8 Å². The fourth-order valence-corrected chi connectivity index (χ4v) is 4.51. The number of carboxylic acids is 1. The number of anilines is 1. The van der Waals surface area contributed by atoms with Crippen molar-refractivity contribution >= 4 is 22.8 Å². The van der Waals surface area contributed by atoms with Gasteiger partial charge in [-0.05, 0) is 23.8 Å². The molecule has 0 spiro atoms. The number of aromatic nitrogens is 1. The molecule has 2 heterocycles. The Morgan fingerprint density at radius 1 is 1.21 bits per heavy atom. The lowest BCUT2D eigenvalue weighted by molar-refractivity contribution is -0.136. The van der Waals surface area contributed by atoms with Crippen molar-refractivity contribution < 1.29 is 23.4 Å². The molecule has 1 aromatic heterocycles. The second-order valence-electron chi connectivity index (χ2n) is 8.45. The fourth-order valence-electron chi connectivity index (χ4n) is 4.51. The minimum absolute atomic E-state index is 0.0834. The van der Waals surface area contributed by atoms with Crippen molar-refractivity contribution in [2.75, 3.05) is 18.5 Å². The molecule has 0 amide bonds. The summed E-state index contributed by atoms with van der Waals surface area (Å²) >= 11 is 0. The summed E-state index contributed by atoms with van der Waals surface area (Å²) in [5.74, 6) is -0.312. The number of benzene rings is 3.